The molecule has 1 amide bonds. The first-order chi connectivity index (χ1) is 6.07. The Kier molecular flexibility index (Phi) is 5.05. The average molecular weight is 190 g/mol. The maximum absolute atomic E-state index is 10.4. The summed E-state index contributed by atoms with van der Waals surface area (Å²) in [5.41, 5.74) is 4.51. The van der Waals surface area contributed by atoms with Crippen molar-refractivity contribution in [3.05, 3.63) is 12.0 Å². The number of aliphatic carboxylic acids is 1. The molecule has 0 aromatic rings. The Morgan fingerprint density at radius 3 is 2.46 bits per heavy atom. The lowest BCUT2D eigenvalue weighted by atomic mass is 10.6. The number of carbonyl (C=O) groups excluding carboxylic acids is 1. The van der Waals surface area contributed by atoms with Crippen LogP contribution in [-0.4, -0.2) is 24.1 Å². The van der Waals surface area contributed by atoms with E-state index in [2.05, 4.69) is 15.2 Å². The quantitative estimate of drug-likeness (QED) is 0.303. The van der Waals surface area contributed by atoms with Crippen LogP contribution in [0.25, 0.3) is 0 Å². The number of hydroxylamine groups is 2. The zero-order valence-electron chi connectivity index (χ0n) is 7.16. The highest BCUT2D eigenvalue weighted by Crippen LogP contribution is 1.84. The molecular weight excluding hydrogens is 180 g/mol. The Hall–Kier alpha value is -1.76. The van der Waals surface area contributed by atoms with Crippen LogP contribution < -0.4 is 11.0 Å². The van der Waals surface area contributed by atoms with Gasteiger partial charge in [0.05, 0.1) is 12.8 Å². The molecule has 0 fully saturated rings. The number of carboxylic acids is 1. The molecular formula is C6H10N2O5. The van der Waals surface area contributed by atoms with Gasteiger partial charge in [-0.05, 0) is 6.92 Å². The molecule has 0 bridgehead atoms. The number of amides is 1. The number of carbonyl (C=O) groups is 2. The second kappa shape index (κ2) is 5.84. The minimum absolute atomic E-state index is 0.466. The Morgan fingerprint density at radius 2 is 2.00 bits per heavy atom. The molecule has 0 atom stereocenters. The molecule has 13 heavy (non-hydrogen) atoms. The normalized spacial score (nSPS) is 10.5. The molecule has 3 N–H and O–H groups in total. The monoisotopic (exact) mass is 190 g/mol. The Balaban J connectivity index is 3.72. The second-order valence-electron chi connectivity index (χ2n) is 1.96. The van der Waals surface area contributed by atoms with Crippen molar-refractivity contribution < 1.29 is 24.4 Å². The molecule has 0 spiro atoms. The van der Waals surface area contributed by atoms with Gasteiger partial charge in [-0.25, -0.2) is 4.79 Å². The SMILES string of the molecule is CON/C(C)=C\ONC(=O)C(=O)O. The number of hydrogen-bond donors (Lipinski definition) is 3. The first-order valence-electron chi connectivity index (χ1n) is 3.22. The van der Waals surface area contributed by atoms with Gasteiger partial charge in [-0.15, -0.1) is 0 Å². The van der Waals surface area contributed by atoms with Crippen LogP contribution in [0.2, 0.25) is 0 Å². The topological polar surface area (TPSA) is 96.9 Å². The van der Waals surface area contributed by atoms with Gasteiger partial charge in [0, 0.05) is 0 Å². The fourth-order valence-electron chi connectivity index (χ4n) is 0.400. The van der Waals surface area contributed by atoms with Crippen LogP contribution in [0.4, 0.5) is 0 Å². The molecule has 0 unspecified atom stereocenters. The third kappa shape index (κ3) is 5.50. The van der Waals surface area contributed by atoms with Crippen LogP contribution in [0.5, 0.6) is 0 Å². The highest BCUT2D eigenvalue weighted by Gasteiger charge is 2.09. The fraction of sp³-hybridized carbons (Fsp3) is 0.333. The molecule has 0 aliphatic heterocycles. The van der Waals surface area contributed by atoms with Gasteiger partial charge in [0.15, 0.2) is 0 Å². The molecule has 0 rings (SSSR count). The number of allylic oxidation sites excluding steroid dienone is 1. The number of nitrogens with one attached hydrogen (secondary N) is 2. The molecule has 0 aromatic carbocycles. The Bertz CT molecular complexity index is 225. The van der Waals surface area contributed by atoms with Crippen LogP contribution >= 0.6 is 0 Å². The molecule has 0 heterocycles. The van der Waals surface area contributed by atoms with Gasteiger partial charge in [0.2, 0.25) is 0 Å². The first-order valence-corrected chi connectivity index (χ1v) is 3.22. The minimum Gasteiger partial charge on any atom is -0.474 e. The maximum atomic E-state index is 10.4. The van der Waals surface area contributed by atoms with Crippen molar-refractivity contribution in [2.75, 3.05) is 7.11 Å². The molecule has 0 aromatic heterocycles. The largest absolute Gasteiger partial charge is 0.474 e. The van der Waals surface area contributed by atoms with Crippen molar-refractivity contribution in [3.63, 3.8) is 0 Å². The van der Waals surface area contributed by atoms with E-state index in [-0.39, 0.29) is 0 Å². The number of rotatable bonds is 4. The van der Waals surface area contributed by atoms with Gasteiger partial charge in [0.1, 0.15) is 6.26 Å². The van der Waals surface area contributed by atoms with E-state index in [9.17, 15) is 9.59 Å². The second-order valence-corrected chi connectivity index (χ2v) is 1.96. The van der Waals surface area contributed by atoms with E-state index in [1.54, 1.807) is 12.4 Å². The zero-order chi connectivity index (χ0) is 10.3. The van der Waals surface area contributed by atoms with Crippen LogP contribution in [-0.2, 0) is 19.3 Å². The molecule has 0 aliphatic rings. The van der Waals surface area contributed by atoms with Crippen molar-refractivity contribution in [3.8, 4) is 0 Å². The summed E-state index contributed by atoms with van der Waals surface area (Å²) in [5.74, 6) is -2.87. The lowest BCUT2D eigenvalue weighted by Gasteiger charge is -2.03. The van der Waals surface area contributed by atoms with Gasteiger partial charge in [-0.1, -0.05) is 0 Å². The molecule has 0 saturated carbocycles. The molecule has 74 valence electrons. The molecule has 0 saturated heterocycles. The zero-order valence-corrected chi connectivity index (χ0v) is 7.16. The predicted molar refractivity (Wildman–Crippen MR) is 40.8 cm³/mol. The average Bonchev–Trinajstić information content (AvgIpc) is 2.04. The van der Waals surface area contributed by atoms with Crippen LogP contribution in [0.1, 0.15) is 6.92 Å². The molecule has 7 heteroatoms. The molecule has 0 aliphatic carbocycles. The van der Waals surface area contributed by atoms with Gasteiger partial charge in [0.25, 0.3) is 0 Å². The minimum atomic E-state index is -1.62. The first kappa shape index (κ1) is 11.2. The van der Waals surface area contributed by atoms with Crippen molar-refractivity contribution in [2.45, 2.75) is 6.92 Å². The van der Waals surface area contributed by atoms with E-state index in [4.69, 9.17) is 5.11 Å². The summed E-state index contributed by atoms with van der Waals surface area (Å²) >= 11 is 0. The maximum Gasteiger partial charge on any atom is 0.397 e. The fourth-order valence-corrected chi connectivity index (χ4v) is 0.400. The summed E-state index contributed by atoms with van der Waals surface area (Å²) < 4.78 is 0. The van der Waals surface area contributed by atoms with E-state index in [1.807, 2.05) is 0 Å². The van der Waals surface area contributed by atoms with Crippen LogP contribution in [0.15, 0.2) is 12.0 Å². The Morgan fingerprint density at radius 1 is 1.38 bits per heavy atom. The van der Waals surface area contributed by atoms with Crippen LogP contribution in [0, 0.1) is 0 Å². The number of hydrogen-bond acceptors (Lipinski definition) is 5. The highest BCUT2D eigenvalue weighted by molar-refractivity contribution is 6.31. The summed E-state index contributed by atoms with van der Waals surface area (Å²) in [7, 11) is 1.40. The van der Waals surface area contributed by atoms with E-state index in [0.29, 0.717) is 5.70 Å². The summed E-state index contributed by atoms with van der Waals surface area (Å²) in [6.07, 6.45) is 1.09. The summed E-state index contributed by atoms with van der Waals surface area (Å²) in [6, 6.07) is 0. The summed E-state index contributed by atoms with van der Waals surface area (Å²) in [4.78, 5) is 29.2. The van der Waals surface area contributed by atoms with E-state index < -0.39 is 11.9 Å². The van der Waals surface area contributed by atoms with Gasteiger partial charge < -0.3 is 9.94 Å². The third-order valence-electron chi connectivity index (χ3n) is 0.845. The smallest absolute Gasteiger partial charge is 0.397 e. The summed E-state index contributed by atoms with van der Waals surface area (Å²) in [6.45, 7) is 1.59. The Labute approximate surface area is 74.2 Å². The lowest BCUT2D eigenvalue weighted by molar-refractivity contribution is -0.154. The van der Waals surface area contributed by atoms with E-state index in [1.165, 1.54) is 7.11 Å². The molecule has 7 nitrogen and oxygen atoms in total. The molecule has 0 radical (unpaired) electrons. The van der Waals surface area contributed by atoms with Gasteiger partial charge in [-0.2, -0.15) is 5.48 Å². The van der Waals surface area contributed by atoms with Crippen molar-refractivity contribution in [2.24, 2.45) is 0 Å². The number of carboxylic acid groups (broad SMARTS) is 1. The van der Waals surface area contributed by atoms with Crippen molar-refractivity contribution >= 4 is 11.9 Å². The van der Waals surface area contributed by atoms with Gasteiger partial charge >= 0.3 is 11.9 Å². The summed E-state index contributed by atoms with van der Waals surface area (Å²) in [5, 5.41) is 8.10. The van der Waals surface area contributed by atoms with Crippen molar-refractivity contribution in [1.82, 2.24) is 11.0 Å². The predicted octanol–water partition coefficient (Wildman–Crippen LogP) is -0.869. The van der Waals surface area contributed by atoms with Gasteiger partial charge in [-0.3, -0.25) is 15.1 Å². The van der Waals surface area contributed by atoms with E-state index >= 15 is 0 Å². The highest BCUT2D eigenvalue weighted by atomic mass is 16.7. The third-order valence-corrected chi connectivity index (χ3v) is 0.845. The van der Waals surface area contributed by atoms with E-state index in [0.717, 1.165) is 6.26 Å². The lowest BCUT2D eigenvalue weighted by Crippen LogP contribution is -2.29. The standard InChI is InChI=1S/C6H10N2O5/c1-4(7-12-2)3-13-8-5(9)6(10)11/h3,7H,1-2H3,(H,8,9)(H,10,11)/b4-3-. The van der Waals surface area contributed by atoms with Crippen molar-refractivity contribution in [1.29, 1.82) is 0 Å². The van der Waals surface area contributed by atoms with Crippen LogP contribution in [0.3, 0.4) is 0 Å².